The molecule has 2 heteroatoms. The van der Waals surface area contributed by atoms with Crippen LogP contribution in [0.1, 0.15) is 0 Å². The summed E-state index contributed by atoms with van der Waals surface area (Å²) >= 11 is 4.86. The van der Waals surface area contributed by atoms with Crippen LogP contribution in [0.2, 0.25) is 0 Å². The van der Waals surface area contributed by atoms with Crippen LogP contribution >= 0.6 is 12.2 Å². The van der Waals surface area contributed by atoms with Gasteiger partial charge in [0.15, 0.2) is 0 Å². The lowest BCUT2D eigenvalue weighted by molar-refractivity contribution is -0.108. The van der Waals surface area contributed by atoms with Crippen LogP contribution < -0.4 is 0 Å². The van der Waals surface area contributed by atoms with Crippen molar-refractivity contribution < 1.29 is 4.79 Å². The molecule has 1 atom stereocenters. The molecular formula is C7H6OS. The summed E-state index contributed by atoms with van der Waals surface area (Å²) in [5.41, 5.74) is 0. The predicted molar refractivity (Wildman–Crippen MR) is 40.4 cm³/mol. The van der Waals surface area contributed by atoms with E-state index in [1.165, 1.54) is 0 Å². The molecule has 0 aromatic rings. The molecule has 9 heavy (non-hydrogen) atoms. The van der Waals surface area contributed by atoms with Crippen LogP contribution in [0.25, 0.3) is 0 Å². The number of hydrogen-bond acceptors (Lipinski definition) is 2. The zero-order chi connectivity index (χ0) is 6.69. The Hall–Kier alpha value is -0.760. The molecule has 0 aromatic heterocycles. The first-order valence-electron chi connectivity index (χ1n) is 2.68. The van der Waals surface area contributed by atoms with Crippen LogP contribution in [-0.4, -0.2) is 11.2 Å². The van der Waals surface area contributed by atoms with E-state index < -0.39 is 0 Å². The lowest BCUT2D eigenvalue weighted by atomic mass is 10.0. The molecule has 1 aliphatic carbocycles. The molecule has 0 saturated carbocycles. The molecule has 46 valence electrons. The highest BCUT2D eigenvalue weighted by Crippen LogP contribution is 2.05. The third-order valence-electron chi connectivity index (χ3n) is 1.17. The van der Waals surface area contributed by atoms with Gasteiger partial charge in [-0.25, -0.2) is 0 Å². The van der Waals surface area contributed by atoms with Crippen LogP contribution in [0, 0.1) is 5.92 Å². The van der Waals surface area contributed by atoms with Gasteiger partial charge < -0.3 is 4.79 Å². The minimum absolute atomic E-state index is 0.162. The van der Waals surface area contributed by atoms with Gasteiger partial charge in [-0.1, -0.05) is 30.4 Å². The third-order valence-corrected chi connectivity index (χ3v) is 1.57. The Morgan fingerprint density at radius 1 is 1.56 bits per heavy atom. The zero-order valence-electron chi connectivity index (χ0n) is 4.78. The number of allylic oxidation sites excluding steroid dienone is 4. The van der Waals surface area contributed by atoms with Crippen molar-refractivity contribution in [1.29, 1.82) is 0 Å². The molecular weight excluding hydrogens is 132 g/mol. The van der Waals surface area contributed by atoms with Crippen molar-refractivity contribution in [2.75, 3.05) is 0 Å². The molecule has 0 radical (unpaired) electrons. The predicted octanol–water partition coefficient (Wildman–Crippen LogP) is 1.30. The first-order chi connectivity index (χ1) is 4.34. The van der Waals surface area contributed by atoms with Gasteiger partial charge in [0.1, 0.15) is 6.29 Å². The number of aldehydes is 1. The Bertz CT molecular complexity index is 191. The monoisotopic (exact) mass is 138 g/mol. The second-order valence-electron chi connectivity index (χ2n) is 1.81. The van der Waals surface area contributed by atoms with E-state index in [9.17, 15) is 4.79 Å². The number of carbonyl (C=O) groups excluding carboxylic acids is 1. The molecule has 1 unspecified atom stereocenters. The van der Waals surface area contributed by atoms with Gasteiger partial charge in [-0.2, -0.15) is 0 Å². The zero-order valence-corrected chi connectivity index (χ0v) is 5.60. The Morgan fingerprint density at radius 3 is 2.78 bits per heavy atom. The molecule has 0 spiro atoms. The summed E-state index contributed by atoms with van der Waals surface area (Å²) in [7, 11) is 0. The van der Waals surface area contributed by atoms with E-state index >= 15 is 0 Å². The Labute approximate surface area is 59.1 Å². The maximum atomic E-state index is 10.2. The first-order valence-corrected chi connectivity index (χ1v) is 3.09. The lowest BCUT2D eigenvalue weighted by Crippen LogP contribution is -2.09. The van der Waals surface area contributed by atoms with Gasteiger partial charge >= 0.3 is 0 Å². The number of carbonyl (C=O) groups is 1. The molecule has 1 nitrogen and oxygen atoms in total. The third kappa shape index (κ3) is 1.33. The van der Waals surface area contributed by atoms with Crippen molar-refractivity contribution >= 4 is 23.4 Å². The molecule has 0 saturated heterocycles. The summed E-state index contributed by atoms with van der Waals surface area (Å²) in [5, 5.41) is 0. The van der Waals surface area contributed by atoms with E-state index in [0.717, 1.165) is 6.29 Å². The summed E-state index contributed by atoms with van der Waals surface area (Å²) in [6, 6.07) is 0. The molecule has 0 heterocycles. The SMILES string of the molecule is O=CC1C=CC=CC1=S. The van der Waals surface area contributed by atoms with E-state index in [0.29, 0.717) is 4.86 Å². The van der Waals surface area contributed by atoms with Crippen LogP contribution in [0.15, 0.2) is 24.3 Å². The molecule has 0 N–H and O–H groups in total. The molecule has 0 aliphatic heterocycles. The highest BCUT2D eigenvalue weighted by molar-refractivity contribution is 7.80. The van der Waals surface area contributed by atoms with Crippen LogP contribution in [0.4, 0.5) is 0 Å². The average molecular weight is 138 g/mol. The normalized spacial score (nSPS) is 24.4. The smallest absolute Gasteiger partial charge is 0.132 e. The van der Waals surface area contributed by atoms with Crippen molar-refractivity contribution in [3.63, 3.8) is 0 Å². The quantitative estimate of drug-likeness (QED) is 0.401. The second kappa shape index (κ2) is 2.69. The van der Waals surface area contributed by atoms with Gasteiger partial charge in [0.2, 0.25) is 0 Å². The molecule has 0 amide bonds. The maximum Gasteiger partial charge on any atom is 0.132 e. The number of rotatable bonds is 1. The van der Waals surface area contributed by atoms with E-state index in [-0.39, 0.29) is 5.92 Å². The summed E-state index contributed by atoms with van der Waals surface area (Å²) in [6.45, 7) is 0. The van der Waals surface area contributed by atoms with Gasteiger partial charge in [0, 0.05) is 4.86 Å². The molecule has 1 aliphatic rings. The van der Waals surface area contributed by atoms with Gasteiger partial charge in [-0.15, -0.1) is 0 Å². The van der Waals surface area contributed by atoms with Gasteiger partial charge in [0.05, 0.1) is 5.92 Å². The van der Waals surface area contributed by atoms with Gasteiger partial charge in [-0.05, 0) is 6.08 Å². The van der Waals surface area contributed by atoms with Crippen LogP contribution in [0.3, 0.4) is 0 Å². The molecule has 0 aromatic carbocycles. The lowest BCUT2D eigenvalue weighted by Gasteiger charge is -2.03. The van der Waals surface area contributed by atoms with Crippen molar-refractivity contribution in [2.24, 2.45) is 5.92 Å². The molecule has 0 bridgehead atoms. The first kappa shape index (κ1) is 6.36. The van der Waals surface area contributed by atoms with E-state index in [1.54, 1.807) is 12.2 Å². The largest absolute Gasteiger partial charge is 0.302 e. The van der Waals surface area contributed by atoms with Crippen LogP contribution in [-0.2, 0) is 4.79 Å². The summed E-state index contributed by atoms with van der Waals surface area (Å²) in [4.78, 5) is 10.9. The van der Waals surface area contributed by atoms with Crippen LogP contribution in [0.5, 0.6) is 0 Å². The van der Waals surface area contributed by atoms with Crippen molar-refractivity contribution in [1.82, 2.24) is 0 Å². The molecule has 0 fully saturated rings. The number of hydrogen-bond donors (Lipinski definition) is 0. The number of thiocarbonyl (C=S) groups is 1. The van der Waals surface area contributed by atoms with Crippen molar-refractivity contribution in [2.45, 2.75) is 0 Å². The van der Waals surface area contributed by atoms with Gasteiger partial charge in [-0.3, -0.25) is 0 Å². The minimum atomic E-state index is -0.162. The minimum Gasteiger partial charge on any atom is -0.302 e. The Balaban J connectivity index is 2.77. The van der Waals surface area contributed by atoms with E-state index in [2.05, 4.69) is 0 Å². The average Bonchev–Trinajstić information content (AvgIpc) is 1.89. The second-order valence-corrected chi connectivity index (χ2v) is 2.28. The highest BCUT2D eigenvalue weighted by atomic mass is 32.1. The highest BCUT2D eigenvalue weighted by Gasteiger charge is 2.07. The fraction of sp³-hybridized carbons (Fsp3) is 0.143. The maximum absolute atomic E-state index is 10.2. The fourth-order valence-corrected chi connectivity index (χ4v) is 0.865. The topological polar surface area (TPSA) is 17.1 Å². The van der Waals surface area contributed by atoms with Crippen molar-refractivity contribution in [3.8, 4) is 0 Å². The van der Waals surface area contributed by atoms with Crippen molar-refractivity contribution in [3.05, 3.63) is 24.3 Å². The fourth-order valence-electron chi connectivity index (χ4n) is 0.653. The summed E-state index contributed by atoms with van der Waals surface area (Å²) in [5.74, 6) is -0.162. The summed E-state index contributed by atoms with van der Waals surface area (Å²) in [6.07, 6.45) is 8.07. The summed E-state index contributed by atoms with van der Waals surface area (Å²) < 4.78 is 0. The van der Waals surface area contributed by atoms with E-state index in [1.807, 2.05) is 12.2 Å². The van der Waals surface area contributed by atoms with E-state index in [4.69, 9.17) is 12.2 Å². The Kier molecular flexibility index (Phi) is 1.90. The Morgan fingerprint density at radius 2 is 2.33 bits per heavy atom. The van der Waals surface area contributed by atoms with Gasteiger partial charge in [0.25, 0.3) is 0 Å². The standard InChI is InChI=1S/C7H6OS/c8-5-6-3-1-2-4-7(6)9/h1-6H. The molecule has 1 rings (SSSR count).